The van der Waals surface area contributed by atoms with Gasteiger partial charge in [-0.25, -0.2) is 14.1 Å². The molecule has 4 rings (SSSR count). The number of hydrogen-bond donors (Lipinski definition) is 1. The van der Waals surface area contributed by atoms with Gasteiger partial charge in [0.25, 0.3) is 0 Å². The van der Waals surface area contributed by atoms with Crippen LogP contribution < -0.4 is 5.32 Å². The van der Waals surface area contributed by atoms with Gasteiger partial charge in [0.2, 0.25) is 0 Å². The standard InChI is InChI=1S/C20H19Cl2FN4/c21-14-8-4-9-16(23)18(14)19-15(22)12-17(27-11-5-10-24-27)26-20(19)25-13-6-2-1-3-7-13/h4-5,8-13H,1-3,6-7H2,(H,25,26). The molecule has 140 valence electrons. The van der Waals surface area contributed by atoms with Crippen molar-refractivity contribution in [3.8, 4) is 16.9 Å². The zero-order valence-electron chi connectivity index (χ0n) is 14.6. The molecule has 27 heavy (non-hydrogen) atoms. The lowest BCUT2D eigenvalue weighted by Crippen LogP contribution is -2.23. The molecule has 0 amide bonds. The smallest absolute Gasteiger partial charge is 0.157 e. The van der Waals surface area contributed by atoms with Crippen LogP contribution in [-0.4, -0.2) is 20.8 Å². The highest BCUT2D eigenvalue weighted by atomic mass is 35.5. The van der Waals surface area contributed by atoms with Gasteiger partial charge in [-0.3, -0.25) is 0 Å². The third-order valence-corrected chi connectivity index (χ3v) is 5.47. The summed E-state index contributed by atoms with van der Waals surface area (Å²) in [6.45, 7) is 0. The number of pyridine rings is 1. The first kappa shape index (κ1) is 18.3. The average Bonchev–Trinajstić information content (AvgIpc) is 3.19. The maximum absolute atomic E-state index is 14.6. The summed E-state index contributed by atoms with van der Waals surface area (Å²) in [4.78, 5) is 4.71. The predicted molar refractivity (Wildman–Crippen MR) is 107 cm³/mol. The monoisotopic (exact) mass is 404 g/mol. The molecular formula is C20H19Cl2FN4. The highest BCUT2D eigenvalue weighted by Gasteiger charge is 2.23. The molecule has 0 spiro atoms. The van der Waals surface area contributed by atoms with Gasteiger partial charge in [0.1, 0.15) is 11.6 Å². The van der Waals surface area contributed by atoms with Crippen LogP contribution in [0.3, 0.4) is 0 Å². The molecule has 1 aromatic carbocycles. The normalized spacial score (nSPS) is 15.1. The van der Waals surface area contributed by atoms with Gasteiger partial charge in [-0.2, -0.15) is 5.10 Å². The van der Waals surface area contributed by atoms with E-state index >= 15 is 0 Å². The molecule has 0 saturated heterocycles. The molecule has 3 aromatic rings. The van der Waals surface area contributed by atoms with E-state index in [4.69, 9.17) is 28.2 Å². The van der Waals surface area contributed by atoms with Crippen LogP contribution in [0, 0.1) is 5.82 Å². The van der Waals surface area contributed by atoms with E-state index in [1.165, 1.54) is 25.3 Å². The number of aromatic nitrogens is 3. The first-order valence-electron chi connectivity index (χ1n) is 9.05. The second-order valence-electron chi connectivity index (χ2n) is 6.71. The summed E-state index contributed by atoms with van der Waals surface area (Å²) in [5.41, 5.74) is 0.753. The van der Waals surface area contributed by atoms with Gasteiger partial charge >= 0.3 is 0 Å². The lowest BCUT2D eigenvalue weighted by atomic mass is 9.95. The molecule has 0 unspecified atom stereocenters. The summed E-state index contributed by atoms with van der Waals surface area (Å²) in [6, 6.07) is 8.38. The van der Waals surface area contributed by atoms with Crippen molar-refractivity contribution in [2.75, 3.05) is 5.32 Å². The van der Waals surface area contributed by atoms with Crippen LogP contribution in [0.2, 0.25) is 10.0 Å². The molecule has 0 atom stereocenters. The van der Waals surface area contributed by atoms with Crippen LogP contribution in [0.15, 0.2) is 42.7 Å². The number of nitrogens with one attached hydrogen (secondary N) is 1. The maximum atomic E-state index is 14.6. The summed E-state index contributed by atoms with van der Waals surface area (Å²) in [6.07, 6.45) is 9.14. The van der Waals surface area contributed by atoms with Gasteiger partial charge in [-0.05, 0) is 31.0 Å². The fraction of sp³-hybridized carbons (Fsp3) is 0.300. The van der Waals surface area contributed by atoms with Crippen molar-refractivity contribution in [3.05, 3.63) is 58.6 Å². The number of halogens is 3. The zero-order chi connectivity index (χ0) is 18.8. The third-order valence-electron chi connectivity index (χ3n) is 4.86. The van der Waals surface area contributed by atoms with Gasteiger partial charge < -0.3 is 5.32 Å². The Kier molecular flexibility index (Phi) is 5.32. The molecule has 2 aromatic heterocycles. The average molecular weight is 405 g/mol. The van der Waals surface area contributed by atoms with Crippen LogP contribution in [0.5, 0.6) is 0 Å². The first-order valence-corrected chi connectivity index (χ1v) is 9.80. The summed E-state index contributed by atoms with van der Waals surface area (Å²) >= 11 is 12.9. The third kappa shape index (κ3) is 3.80. The number of benzene rings is 1. The van der Waals surface area contributed by atoms with Crippen LogP contribution in [0.4, 0.5) is 10.2 Å². The molecule has 1 N–H and O–H groups in total. The highest BCUT2D eigenvalue weighted by Crippen LogP contribution is 2.41. The topological polar surface area (TPSA) is 42.7 Å². The number of rotatable bonds is 4. The Morgan fingerprint density at radius 3 is 2.56 bits per heavy atom. The van der Waals surface area contributed by atoms with Crippen LogP contribution in [0.1, 0.15) is 32.1 Å². The van der Waals surface area contributed by atoms with Crippen molar-refractivity contribution < 1.29 is 4.39 Å². The predicted octanol–water partition coefficient (Wildman–Crippen LogP) is 6.12. The number of anilines is 1. The Balaban J connectivity index is 1.85. The first-order chi connectivity index (χ1) is 13.1. The molecular weight excluding hydrogens is 386 g/mol. The van der Waals surface area contributed by atoms with Crippen LogP contribution in [-0.2, 0) is 0 Å². The summed E-state index contributed by atoms with van der Waals surface area (Å²) in [5, 5.41) is 8.38. The highest BCUT2D eigenvalue weighted by molar-refractivity contribution is 6.37. The maximum Gasteiger partial charge on any atom is 0.157 e. The molecule has 0 aliphatic heterocycles. The lowest BCUT2D eigenvalue weighted by molar-refractivity contribution is 0.462. The Morgan fingerprint density at radius 1 is 1.04 bits per heavy atom. The molecule has 7 heteroatoms. The second kappa shape index (κ2) is 7.87. The van der Waals surface area contributed by atoms with Gasteiger partial charge in [0, 0.05) is 35.6 Å². The summed E-state index contributed by atoms with van der Waals surface area (Å²) < 4.78 is 16.3. The number of hydrogen-bond acceptors (Lipinski definition) is 3. The van der Waals surface area contributed by atoms with Crippen molar-refractivity contribution in [2.24, 2.45) is 0 Å². The van der Waals surface area contributed by atoms with Gasteiger partial charge in [0.15, 0.2) is 5.82 Å². The minimum Gasteiger partial charge on any atom is -0.367 e. The molecule has 1 aliphatic rings. The van der Waals surface area contributed by atoms with Crippen molar-refractivity contribution in [2.45, 2.75) is 38.1 Å². The van der Waals surface area contributed by atoms with E-state index in [0.29, 0.717) is 27.2 Å². The Morgan fingerprint density at radius 2 is 1.85 bits per heavy atom. The largest absolute Gasteiger partial charge is 0.367 e. The van der Waals surface area contributed by atoms with Gasteiger partial charge in [0.05, 0.1) is 10.0 Å². The van der Waals surface area contributed by atoms with E-state index in [1.54, 1.807) is 35.3 Å². The zero-order valence-corrected chi connectivity index (χ0v) is 16.1. The van der Waals surface area contributed by atoms with Gasteiger partial charge in [-0.15, -0.1) is 0 Å². The molecule has 2 heterocycles. The molecule has 4 nitrogen and oxygen atoms in total. The molecule has 0 radical (unpaired) electrons. The number of nitrogens with zero attached hydrogens (tertiary/aromatic N) is 3. The van der Waals surface area contributed by atoms with E-state index in [0.717, 1.165) is 12.8 Å². The quantitative estimate of drug-likeness (QED) is 0.568. The van der Waals surface area contributed by atoms with E-state index in [9.17, 15) is 4.39 Å². The Hall–Kier alpha value is -2.11. The molecule has 0 bridgehead atoms. The van der Waals surface area contributed by atoms with Crippen LogP contribution in [0.25, 0.3) is 16.9 Å². The molecule has 1 fully saturated rings. The van der Waals surface area contributed by atoms with Crippen molar-refractivity contribution >= 4 is 29.0 Å². The van der Waals surface area contributed by atoms with Crippen molar-refractivity contribution in [1.29, 1.82) is 0 Å². The van der Waals surface area contributed by atoms with Crippen LogP contribution >= 0.6 is 23.2 Å². The van der Waals surface area contributed by atoms with E-state index in [1.807, 2.05) is 6.07 Å². The fourth-order valence-electron chi connectivity index (χ4n) is 3.54. The molecule has 1 saturated carbocycles. The molecule has 1 aliphatic carbocycles. The van der Waals surface area contributed by atoms with E-state index < -0.39 is 5.82 Å². The minimum atomic E-state index is -0.426. The second-order valence-corrected chi connectivity index (χ2v) is 7.53. The summed E-state index contributed by atoms with van der Waals surface area (Å²) in [5.74, 6) is 0.677. The fourth-order valence-corrected chi connectivity index (χ4v) is 4.08. The lowest BCUT2D eigenvalue weighted by Gasteiger charge is -2.25. The van der Waals surface area contributed by atoms with Gasteiger partial charge in [-0.1, -0.05) is 48.5 Å². The van der Waals surface area contributed by atoms with E-state index in [-0.39, 0.29) is 11.6 Å². The Bertz CT molecular complexity index is 917. The SMILES string of the molecule is Fc1cccc(Cl)c1-c1c(Cl)cc(-n2cccn2)nc1NC1CCCCC1. The van der Waals surface area contributed by atoms with Crippen molar-refractivity contribution in [1.82, 2.24) is 14.8 Å². The van der Waals surface area contributed by atoms with Crippen molar-refractivity contribution in [3.63, 3.8) is 0 Å². The minimum absolute atomic E-state index is 0.266. The summed E-state index contributed by atoms with van der Waals surface area (Å²) in [7, 11) is 0. The van der Waals surface area contributed by atoms with E-state index in [2.05, 4.69) is 10.4 Å². The Labute approximate surface area is 167 Å².